The molecule has 1 atom stereocenters. The van der Waals surface area contributed by atoms with E-state index in [0.29, 0.717) is 12.1 Å². The highest BCUT2D eigenvalue weighted by molar-refractivity contribution is 5.87. The SMILES string of the molecule is CCC(C(=O)O)c1cc(C(=O)OC)nn1C. The summed E-state index contributed by atoms with van der Waals surface area (Å²) >= 11 is 0. The summed E-state index contributed by atoms with van der Waals surface area (Å²) in [6.45, 7) is 1.77. The second-order valence-electron chi connectivity index (χ2n) is 3.37. The van der Waals surface area contributed by atoms with E-state index in [-0.39, 0.29) is 5.69 Å². The van der Waals surface area contributed by atoms with E-state index < -0.39 is 17.9 Å². The molecule has 0 amide bonds. The molecule has 6 heteroatoms. The van der Waals surface area contributed by atoms with Gasteiger partial charge in [-0.05, 0) is 12.5 Å². The van der Waals surface area contributed by atoms with Crippen molar-refractivity contribution < 1.29 is 19.4 Å². The van der Waals surface area contributed by atoms with Gasteiger partial charge in [-0.25, -0.2) is 4.79 Å². The number of aliphatic carboxylic acids is 1. The summed E-state index contributed by atoms with van der Waals surface area (Å²) < 4.78 is 5.91. The maximum Gasteiger partial charge on any atom is 0.358 e. The molecule has 1 rings (SSSR count). The maximum atomic E-state index is 11.2. The summed E-state index contributed by atoms with van der Waals surface area (Å²) in [5.74, 6) is -2.15. The van der Waals surface area contributed by atoms with Crippen molar-refractivity contribution in [1.82, 2.24) is 9.78 Å². The minimum Gasteiger partial charge on any atom is -0.481 e. The lowest BCUT2D eigenvalue weighted by molar-refractivity contribution is -0.139. The molecule has 0 aliphatic carbocycles. The minimum absolute atomic E-state index is 0.125. The highest BCUT2D eigenvalue weighted by Crippen LogP contribution is 2.20. The van der Waals surface area contributed by atoms with Gasteiger partial charge in [0, 0.05) is 7.05 Å². The predicted octanol–water partition coefficient (Wildman–Crippen LogP) is 0.785. The Morgan fingerprint density at radius 3 is 2.69 bits per heavy atom. The van der Waals surface area contributed by atoms with Gasteiger partial charge in [0.1, 0.15) is 0 Å². The van der Waals surface area contributed by atoms with Crippen molar-refractivity contribution >= 4 is 11.9 Å². The highest BCUT2D eigenvalue weighted by atomic mass is 16.5. The van der Waals surface area contributed by atoms with Gasteiger partial charge in [0.2, 0.25) is 0 Å². The first kappa shape index (κ1) is 12.2. The molecule has 0 fully saturated rings. The van der Waals surface area contributed by atoms with Gasteiger partial charge >= 0.3 is 11.9 Å². The molecule has 1 heterocycles. The van der Waals surface area contributed by atoms with Gasteiger partial charge < -0.3 is 9.84 Å². The lowest BCUT2D eigenvalue weighted by Gasteiger charge is -2.08. The molecule has 0 aliphatic rings. The number of aryl methyl sites for hydroxylation is 1. The predicted molar refractivity (Wildman–Crippen MR) is 55.2 cm³/mol. The first-order valence-corrected chi connectivity index (χ1v) is 4.86. The van der Waals surface area contributed by atoms with Gasteiger partial charge in [-0.15, -0.1) is 0 Å². The minimum atomic E-state index is -0.929. The molecule has 0 saturated heterocycles. The molecule has 0 saturated carbocycles. The Kier molecular flexibility index (Phi) is 3.65. The van der Waals surface area contributed by atoms with Crippen LogP contribution < -0.4 is 0 Å². The number of nitrogens with zero attached hydrogens (tertiary/aromatic N) is 2. The van der Waals surface area contributed by atoms with Crippen LogP contribution in [0.4, 0.5) is 0 Å². The highest BCUT2D eigenvalue weighted by Gasteiger charge is 2.23. The Balaban J connectivity index is 3.10. The third-order valence-electron chi connectivity index (χ3n) is 2.37. The van der Waals surface area contributed by atoms with Crippen LogP contribution in [-0.4, -0.2) is 33.9 Å². The van der Waals surface area contributed by atoms with E-state index in [9.17, 15) is 9.59 Å². The fourth-order valence-corrected chi connectivity index (χ4v) is 1.52. The smallest absolute Gasteiger partial charge is 0.358 e. The molecule has 0 bridgehead atoms. The number of methoxy groups -OCH3 is 1. The zero-order chi connectivity index (χ0) is 12.3. The quantitative estimate of drug-likeness (QED) is 0.767. The van der Waals surface area contributed by atoms with Crippen LogP contribution >= 0.6 is 0 Å². The topological polar surface area (TPSA) is 81.4 Å². The van der Waals surface area contributed by atoms with E-state index in [1.165, 1.54) is 17.9 Å². The molecular formula is C10H14N2O4. The monoisotopic (exact) mass is 226 g/mol. The number of hydrogen-bond acceptors (Lipinski definition) is 4. The number of aromatic nitrogens is 2. The molecule has 0 radical (unpaired) electrons. The molecule has 0 spiro atoms. The lowest BCUT2D eigenvalue weighted by atomic mass is 10.0. The summed E-state index contributed by atoms with van der Waals surface area (Å²) in [6, 6.07) is 1.45. The molecule has 1 aromatic heterocycles. The van der Waals surface area contributed by atoms with Gasteiger partial charge in [0.15, 0.2) is 5.69 Å². The molecular weight excluding hydrogens is 212 g/mol. The van der Waals surface area contributed by atoms with Crippen LogP contribution in [0, 0.1) is 0 Å². The second kappa shape index (κ2) is 4.78. The summed E-state index contributed by atoms with van der Waals surface area (Å²) in [5, 5.41) is 12.9. The van der Waals surface area contributed by atoms with Crippen LogP contribution in [0.2, 0.25) is 0 Å². The zero-order valence-electron chi connectivity index (χ0n) is 9.43. The summed E-state index contributed by atoms with van der Waals surface area (Å²) in [6.07, 6.45) is 0.440. The third-order valence-corrected chi connectivity index (χ3v) is 2.37. The first-order chi connectivity index (χ1) is 7.51. The largest absolute Gasteiger partial charge is 0.481 e. The van der Waals surface area contributed by atoms with Crippen molar-refractivity contribution in [1.29, 1.82) is 0 Å². The lowest BCUT2D eigenvalue weighted by Crippen LogP contribution is -2.14. The molecule has 16 heavy (non-hydrogen) atoms. The van der Waals surface area contributed by atoms with Crippen LogP contribution in [0.5, 0.6) is 0 Å². The molecule has 1 aromatic rings. The van der Waals surface area contributed by atoms with Gasteiger partial charge in [0.05, 0.1) is 18.7 Å². The number of esters is 1. The number of ether oxygens (including phenoxy) is 1. The molecule has 1 N–H and O–H groups in total. The third kappa shape index (κ3) is 2.21. The Hall–Kier alpha value is -1.85. The van der Waals surface area contributed by atoms with Crippen molar-refractivity contribution in [3.63, 3.8) is 0 Å². The van der Waals surface area contributed by atoms with Gasteiger partial charge in [0.25, 0.3) is 0 Å². The Morgan fingerprint density at radius 1 is 1.62 bits per heavy atom. The average molecular weight is 226 g/mol. The van der Waals surface area contributed by atoms with E-state index in [2.05, 4.69) is 9.84 Å². The van der Waals surface area contributed by atoms with Crippen molar-refractivity contribution in [2.45, 2.75) is 19.3 Å². The fourth-order valence-electron chi connectivity index (χ4n) is 1.52. The second-order valence-corrected chi connectivity index (χ2v) is 3.37. The van der Waals surface area contributed by atoms with Gasteiger partial charge in [-0.1, -0.05) is 6.92 Å². The van der Waals surface area contributed by atoms with Crippen molar-refractivity contribution in [2.24, 2.45) is 7.05 Å². The van der Waals surface area contributed by atoms with E-state index in [1.54, 1.807) is 14.0 Å². The summed E-state index contributed by atoms with van der Waals surface area (Å²) in [7, 11) is 2.86. The van der Waals surface area contributed by atoms with Crippen LogP contribution in [0.1, 0.15) is 35.4 Å². The normalized spacial score (nSPS) is 12.2. The Labute approximate surface area is 92.8 Å². The standard InChI is InChI=1S/C10H14N2O4/c1-4-6(9(13)14)8-5-7(10(15)16-3)11-12(8)2/h5-6H,4H2,1-3H3,(H,13,14). The molecule has 0 aliphatic heterocycles. The van der Waals surface area contributed by atoms with Crippen LogP contribution in [0.3, 0.4) is 0 Å². The van der Waals surface area contributed by atoms with Crippen molar-refractivity contribution in [3.05, 3.63) is 17.5 Å². The molecule has 1 unspecified atom stereocenters. The number of rotatable bonds is 4. The van der Waals surface area contributed by atoms with Crippen LogP contribution in [0.25, 0.3) is 0 Å². The van der Waals surface area contributed by atoms with Crippen molar-refractivity contribution in [3.8, 4) is 0 Å². The zero-order valence-corrected chi connectivity index (χ0v) is 9.43. The Bertz CT molecular complexity index is 411. The van der Waals surface area contributed by atoms with Crippen LogP contribution in [0.15, 0.2) is 6.07 Å². The molecule has 88 valence electrons. The molecule has 6 nitrogen and oxygen atoms in total. The number of carbonyl (C=O) groups is 2. The van der Waals surface area contributed by atoms with E-state index >= 15 is 0 Å². The number of carbonyl (C=O) groups excluding carboxylic acids is 1. The summed E-state index contributed by atoms with van der Waals surface area (Å²) in [5.41, 5.74) is 0.620. The average Bonchev–Trinajstić information content (AvgIpc) is 2.60. The Morgan fingerprint density at radius 2 is 2.25 bits per heavy atom. The van der Waals surface area contributed by atoms with Crippen molar-refractivity contribution in [2.75, 3.05) is 7.11 Å². The fraction of sp³-hybridized carbons (Fsp3) is 0.500. The van der Waals surface area contributed by atoms with Crippen LogP contribution in [-0.2, 0) is 16.6 Å². The maximum absolute atomic E-state index is 11.2. The number of carboxylic acid groups (broad SMARTS) is 1. The van der Waals surface area contributed by atoms with Gasteiger partial charge in [-0.3, -0.25) is 9.48 Å². The van der Waals surface area contributed by atoms with Gasteiger partial charge in [-0.2, -0.15) is 5.10 Å². The first-order valence-electron chi connectivity index (χ1n) is 4.86. The van der Waals surface area contributed by atoms with E-state index in [4.69, 9.17) is 5.11 Å². The van der Waals surface area contributed by atoms with E-state index in [1.807, 2.05) is 0 Å². The summed E-state index contributed by atoms with van der Waals surface area (Å²) in [4.78, 5) is 22.2. The molecule has 0 aromatic carbocycles. The number of carboxylic acids is 1. The van der Waals surface area contributed by atoms with E-state index in [0.717, 1.165) is 0 Å². The number of hydrogen-bond donors (Lipinski definition) is 1.